The van der Waals surface area contributed by atoms with Crippen LogP contribution in [0.2, 0.25) is 0 Å². The van der Waals surface area contributed by atoms with Crippen LogP contribution in [0.4, 0.5) is 33.3 Å². The first-order valence-corrected chi connectivity index (χ1v) is 4.85. The summed E-state index contributed by atoms with van der Waals surface area (Å²) in [6.07, 6.45) is 0. The van der Waals surface area contributed by atoms with E-state index >= 15 is 0 Å². The molecule has 2 aromatic carbocycles. The third-order valence-electron chi connectivity index (χ3n) is 2.26. The Labute approximate surface area is 98.9 Å². The lowest BCUT2D eigenvalue weighted by Crippen LogP contribution is -2.02. The van der Waals surface area contributed by atoms with Gasteiger partial charge in [0.1, 0.15) is 17.3 Å². The van der Waals surface area contributed by atoms with Gasteiger partial charge in [0, 0.05) is 0 Å². The van der Waals surface area contributed by atoms with Gasteiger partial charge in [-0.05, 0) is 24.3 Å². The van der Waals surface area contributed by atoms with Crippen molar-refractivity contribution in [2.24, 2.45) is 0 Å². The maximum atomic E-state index is 13.3. The van der Waals surface area contributed by atoms with Crippen molar-refractivity contribution in [1.82, 2.24) is 0 Å². The lowest BCUT2D eigenvalue weighted by Gasteiger charge is -2.10. The van der Waals surface area contributed by atoms with Crippen molar-refractivity contribution < 1.29 is 22.0 Å². The minimum atomic E-state index is -1.71. The molecule has 0 aromatic heterocycles. The first-order chi connectivity index (χ1) is 8.50. The first-order valence-electron chi connectivity index (χ1n) is 4.85. The third-order valence-corrected chi connectivity index (χ3v) is 2.26. The van der Waals surface area contributed by atoms with Crippen LogP contribution >= 0.6 is 0 Å². The maximum absolute atomic E-state index is 13.3. The average Bonchev–Trinajstić information content (AvgIpc) is 2.34. The summed E-state index contributed by atoms with van der Waals surface area (Å²) in [6, 6.07) is 4.52. The van der Waals surface area contributed by atoms with Crippen molar-refractivity contribution in [1.29, 1.82) is 0 Å². The van der Waals surface area contributed by atoms with Crippen molar-refractivity contribution in [3.8, 4) is 0 Å². The molecule has 0 bridgehead atoms. The van der Waals surface area contributed by atoms with Crippen LogP contribution in [0.5, 0.6) is 0 Å². The highest BCUT2D eigenvalue weighted by molar-refractivity contribution is 5.61. The highest BCUT2D eigenvalue weighted by Crippen LogP contribution is 2.26. The Balaban J connectivity index is 2.44. The standard InChI is InChI=1S/C12H6F5N/c13-6-4-5-9(11(17)10(6)16)18-12-7(14)2-1-3-8(12)15/h1-5,18H. The van der Waals surface area contributed by atoms with Crippen LogP contribution in [-0.4, -0.2) is 0 Å². The van der Waals surface area contributed by atoms with Crippen molar-refractivity contribution in [2.45, 2.75) is 0 Å². The number of rotatable bonds is 2. The average molecular weight is 259 g/mol. The van der Waals surface area contributed by atoms with Crippen molar-refractivity contribution >= 4 is 11.4 Å². The summed E-state index contributed by atoms with van der Waals surface area (Å²) in [4.78, 5) is 0. The zero-order valence-corrected chi connectivity index (χ0v) is 8.78. The van der Waals surface area contributed by atoms with Crippen molar-refractivity contribution in [3.63, 3.8) is 0 Å². The number of anilines is 2. The number of benzene rings is 2. The quantitative estimate of drug-likeness (QED) is 0.631. The van der Waals surface area contributed by atoms with Crippen LogP contribution < -0.4 is 5.32 Å². The second-order valence-corrected chi connectivity index (χ2v) is 3.44. The molecule has 2 aromatic rings. The summed E-state index contributed by atoms with van der Waals surface area (Å²) in [5, 5.41) is 2.05. The van der Waals surface area contributed by atoms with E-state index in [1.54, 1.807) is 0 Å². The molecule has 0 saturated heterocycles. The van der Waals surface area contributed by atoms with E-state index in [4.69, 9.17) is 0 Å². The van der Waals surface area contributed by atoms with Gasteiger partial charge in [-0.2, -0.15) is 0 Å². The van der Waals surface area contributed by atoms with Gasteiger partial charge in [-0.1, -0.05) is 6.07 Å². The molecule has 0 aliphatic heterocycles. The van der Waals surface area contributed by atoms with Gasteiger partial charge in [-0.15, -0.1) is 0 Å². The van der Waals surface area contributed by atoms with E-state index in [9.17, 15) is 22.0 Å². The second kappa shape index (κ2) is 4.64. The largest absolute Gasteiger partial charge is 0.348 e. The number of hydrogen-bond donors (Lipinski definition) is 1. The summed E-state index contributed by atoms with van der Waals surface area (Å²) >= 11 is 0. The van der Waals surface area contributed by atoms with E-state index in [1.807, 2.05) is 5.32 Å². The van der Waals surface area contributed by atoms with E-state index in [0.29, 0.717) is 6.07 Å². The molecular formula is C12H6F5N. The van der Waals surface area contributed by atoms with Gasteiger partial charge in [0.2, 0.25) is 0 Å². The van der Waals surface area contributed by atoms with Crippen LogP contribution in [-0.2, 0) is 0 Å². The van der Waals surface area contributed by atoms with Crippen molar-refractivity contribution in [3.05, 3.63) is 59.4 Å². The van der Waals surface area contributed by atoms with Crippen LogP contribution in [0.25, 0.3) is 0 Å². The Morgan fingerprint density at radius 3 is 1.89 bits per heavy atom. The fourth-order valence-electron chi connectivity index (χ4n) is 1.37. The Bertz CT molecular complexity index is 577. The Kier molecular flexibility index (Phi) is 3.18. The van der Waals surface area contributed by atoms with E-state index in [0.717, 1.165) is 24.3 Å². The lowest BCUT2D eigenvalue weighted by atomic mass is 10.2. The van der Waals surface area contributed by atoms with Gasteiger partial charge in [0.25, 0.3) is 0 Å². The monoisotopic (exact) mass is 259 g/mol. The zero-order chi connectivity index (χ0) is 13.3. The molecule has 0 fully saturated rings. The summed E-state index contributed by atoms with van der Waals surface area (Å²) in [7, 11) is 0. The molecule has 1 N–H and O–H groups in total. The highest BCUT2D eigenvalue weighted by Gasteiger charge is 2.16. The minimum Gasteiger partial charge on any atom is -0.348 e. The van der Waals surface area contributed by atoms with E-state index < -0.39 is 40.5 Å². The molecule has 18 heavy (non-hydrogen) atoms. The highest BCUT2D eigenvalue weighted by atomic mass is 19.2. The van der Waals surface area contributed by atoms with E-state index in [1.165, 1.54) is 0 Å². The number of nitrogens with one attached hydrogen (secondary N) is 1. The van der Waals surface area contributed by atoms with Crippen LogP contribution in [0.1, 0.15) is 0 Å². The fourth-order valence-corrected chi connectivity index (χ4v) is 1.37. The Hall–Kier alpha value is -2.11. The van der Waals surface area contributed by atoms with E-state index in [-0.39, 0.29) is 0 Å². The molecule has 1 nitrogen and oxygen atoms in total. The molecule has 94 valence electrons. The Morgan fingerprint density at radius 1 is 0.667 bits per heavy atom. The van der Waals surface area contributed by atoms with Gasteiger partial charge >= 0.3 is 0 Å². The molecular weight excluding hydrogens is 253 g/mol. The molecule has 0 aliphatic rings. The second-order valence-electron chi connectivity index (χ2n) is 3.44. The van der Waals surface area contributed by atoms with Gasteiger partial charge in [0.05, 0.1) is 5.69 Å². The van der Waals surface area contributed by atoms with Crippen LogP contribution in [0.15, 0.2) is 30.3 Å². The van der Waals surface area contributed by atoms with Crippen LogP contribution in [0.3, 0.4) is 0 Å². The SMILES string of the molecule is Fc1ccc(Nc2c(F)cccc2F)c(F)c1F. The predicted octanol–water partition coefficient (Wildman–Crippen LogP) is 4.13. The topological polar surface area (TPSA) is 12.0 Å². The smallest absolute Gasteiger partial charge is 0.196 e. The van der Waals surface area contributed by atoms with Gasteiger partial charge in [-0.3, -0.25) is 0 Å². The summed E-state index contributed by atoms with van der Waals surface area (Å²) < 4.78 is 65.4. The lowest BCUT2D eigenvalue weighted by molar-refractivity contribution is 0.449. The van der Waals surface area contributed by atoms with Crippen molar-refractivity contribution in [2.75, 3.05) is 5.32 Å². The third kappa shape index (κ3) is 2.13. The first kappa shape index (κ1) is 12.3. The summed E-state index contributed by atoms with van der Waals surface area (Å²) in [5.41, 5.74) is -1.19. The number of halogens is 5. The minimum absolute atomic E-state index is 0.557. The summed E-state index contributed by atoms with van der Waals surface area (Å²) in [5.74, 6) is -6.58. The molecule has 0 radical (unpaired) electrons. The van der Waals surface area contributed by atoms with Crippen LogP contribution in [0, 0.1) is 29.1 Å². The molecule has 0 atom stereocenters. The van der Waals surface area contributed by atoms with Gasteiger partial charge < -0.3 is 5.32 Å². The predicted molar refractivity (Wildman–Crippen MR) is 56.0 cm³/mol. The molecule has 0 spiro atoms. The molecule has 0 amide bonds. The maximum Gasteiger partial charge on any atom is 0.196 e. The van der Waals surface area contributed by atoms with Gasteiger partial charge in [0.15, 0.2) is 17.5 Å². The molecule has 2 rings (SSSR count). The van der Waals surface area contributed by atoms with Gasteiger partial charge in [-0.25, -0.2) is 22.0 Å². The zero-order valence-electron chi connectivity index (χ0n) is 8.78. The normalized spacial score (nSPS) is 10.5. The summed E-state index contributed by atoms with van der Waals surface area (Å²) in [6.45, 7) is 0. The molecule has 0 saturated carbocycles. The molecule has 0 aliphatic carbocycles. The molecule has 6 heteroatoms. The number of hydrogen-bond acceptors (Lipinski definition) is 1. The number of para-hydroxylation sites is 1. The Morgan fingerprint density at radius 2 is 1.28 bits per heavy atom. The molecule has 0 unspecified atom stereocenters. The molecule has 0 heterocycles. The fraction of sp³-hybridized carbons (Fsp3) is 0. The van der Waals surface area contributed by atoms with E-state index in [2.05, 4.69) is 0 Å².